The third-order valence-electron chi connectivity index (χ3n) is 4.02. The number of rotatable bonds is 6. The van der Waals surface area contributed by atoms with Gasteiger partial charge in [-0.3, -0.25) is 9.59 Å². The van der Waals surface area contributed by atoms with E-state index in [1.807, 2.05) is 31.2 Å². The lowest BCUT2D eigenvalue weighted by molar-refractivity contribution is -0.146. The van der Waals surface area contributed by atoms with Crippen molar-refractivity contribution in [2.24, 2.45) is 0 Å². The average molecular weight is 479 g/mol. The number of fused-ring (bicyclic) bond motifs is 1. The Bertz CT molecular complexity index is 995. The number of carbonyl (C=O) groups excluding carboxylic acids is 2. The number of furan rings is 1. The van der Waals surface area contributed by atoms with Crippen molar-refractivity contribution < 1.29 is 23.5 Å². The molecule has 0 saturated carbocycles. The first-order valence-electron chi connectivity index (χ1n) is 8.22. The number of methoxy groups -OCH3 is 1. The molecular formula is C20H18INO5. The second-order valence-electron chi connectivity index (χ2n) is 5.97. The van der Waals surface area contributed by atoms with Crippen molar-refractivity contribution in [1.82, 2.24) is 0 Å². The van der Waals surface area contributed by atoms with Crippen molar-refractivity contribution in [1.29, 1.82) is 0 Å². The Kier molecular flexibility index (Phi) is 6.00. The van der Waals surface area contributed by atoms with Gasteiger partial charge in [0.15, 0.2) is 6.61 Å². The van der Waals surface area contributed by atoms with E-state index in [0.717, 1.165) is 14.5 Å². The van der Waals surface area contributed by atoms with Gasteiger partial charge in [-0.15, -0.1) is 0 Å². The lowest BCUT2D eigenvalue weighted by Gasteiger charge is -2.09. The van der Waals surface area contributed by atoms with Crippen LogP contribution in [0.4, 0.5) is 5.69 Å². The number of nitrogens with one attached hydrogen (secondary N) is 1. The molecule has 1 heterocycles. The van der Waals surface area contributed by atoms with Crippen LogP contribution in [0.2, 0.25) is 0 Å². The highest BCUT2D eigenvalue weighted by Gasteiger charge is 2.14. The summed E-state index contributed by atoms with van der Waals surface area (Å²) in [5.41, 5.74) is 2.98. The van der Waals surface area contributed by atoms with E-state index in [1.54, 1.807) is 19.2 Å². The number of halogens is 1. The van der Waals surface area contributed by atoms with E-state index in [1.165, 1.54) is 6.26 Å². The zero-order valence-corrected chi connectivity index (χ0v) is 17.0. The molecule has 0 aliphatic heterocycles. The Morgan fingerprint density at radius 3 is 2.74 bits per heavy atom. The zero-order valence-electron chi connectivity index (χ0n) is 14.9. The van der Waals surface area contributed by atoms with Gasteiger partial charge in [0.1, 0.15) is 11.3 Å². The first-order chi connectivity index (χ1) is 13.0. The molecule has 0 bridgehead atoms. The maximum Gasteiger partial charge on any atom is 0.310 e. The molecule has 0 fully saturated rings. The Labute approximate surface area is 170 Å². The third-order valence-corrected chi connectivity index (χ3v) is 4.70. The molecule has 27 heavy (non-hydrogen) atoms. The molecule has 3 aromatic rings. The molecule has 140 valence electrons. The van der Waals surface area contributed by atoms with Crippen LogP contribution in [0.3, 0.4) is 0 Å². The first-order valence-corrected chi connectivity index (χ1v) is 9.30. The largest absolute Gasteiger partial charge is 0.497 e. The number of hydrogen-bond acceptors (Lipinski definition) is 5. The summed E-state index contributed by atoms with van der Waals surface area (Å²) in [4.78, 5) is 24.1. The molecule has 1 N–H and O–H groups in total. The molecule has 0 spiro atoms. The lowest BCUT2D eigenvalue weighted by atomic mass is 10.1. The van der Waals surface area contributed by atoms with Gasteiger partial charge in [0.25, 0.3) is 5.91 Å². The van der Waals surface area contributed by atoms with Gasteiger partial charge in [-0.1, -0.05) is 0 Å². The normalized spacial score (nSPS) is 10.6. The van der Waals surface area contributed by atoms with Crippen LogP contribution in [0.1, 0.15) is 11.1 Å². The van der Waals surface area contributed by atoms with Crippen LogP contribution in [0.15, 0.2) is 47.1 Å². The number of benzene rings is 2. The summed E-state index contributed by atoms with van der Waals surface area (Å²) in [5, 5.41) is 3.55. The Morgan fingerprint density at radius 1 is 1.19 bits per heavy atom. The first kappa shape index (κ1) is 19.2. The van der Waals surface area contributed by atoms with Crippen LogP contribution < -0.4 is 10.1 Å². The van der Waals surface area contributed by atoms with Crippen molar-refractivity contribution in [2.45, 2.75) is 13.3 Å². The smallest absolute Gasteiger partial charge is 0.310 e. The van der Waals surface area contributed by atoms with Crippen molar-refractivity contribution in [3.8, 4) is 5.75 Å². The minimum atomic E-state index is -0.497. The lowest BCUT2D eigenvalue weighted by Crippen LogP contribution is -2.22. The van der Waals surface area contributed by atoms with Crippen LogP contribution in [0, 0.1) is 10.5 Å². The minimum Gasteiger partial charge on any atom is -0.497 e. The molecule has 0 aliphatic carbocycles. The highest BCUT2D eigenvalue weighted by Crippen LogP contribution is 2.26. The molecule has 1 aromatic heterocycles. The summed E-state index contributed by atoms with van der Waals surface area (Å²) in [5.74, 6) is -0.203. The van der Waals surface area contributed by atoms with Gasteiger partial charge in [0, 0.05) is 26.3 Å². The molecule has 2 aromatic carbocycles. The molecule has 0 radical (unpaired) electrons. The molecule has 7 heteroatoms. The van der Waals surface area contributed by atoms with E-state index >= 15 is 0 Å². The van der Waals surface area contributed by atoms with Gasteiger partial charge in [-0.25, -0.2) is 0 Å². The van der Waals surface area contributed by atoms with Crippen LogP contribution in [-0.2, 0) is 20.7 Å². The van der Waals surface area contributed by atoms with Gasteiger partial charge in [0.2, 0.25) is 0 Å². The van der Waals surface area contributed by atoms with E-state index in [0.29, 0.717) is 22.6 Å². The number of hydrogen-bond donors (Lipinski definition) is 1. The standard InChI is InChI=1S/C20H18INO5/c1-12-7-14(21)3-6-17(12)22-19(23)11-27-20(24)8-13-10-26-18-9-15(25-2)4-5-16(13)18/h3-7,9-10H,8,11H2,1-2H3,(H,22,23). The van der Waals surface area contributed by atoms with Crippen molar-refractivity contribution in [2.75, 3.05) is 19.0 Å². The Balaban J connectivity index is 1.56. The summed E-state index contributed by atoms with van der Waals surface area (Å²) in [6, 6.07) is 11.1. The molecule has 0 aliphatic rings. The second-order valence-corrected chi connectivity index (χ2v) is 7.21. The topological polar surface area (TPSA) is 77.8 Å². The summed E-state index contributed by atoms with van der Waals surface area (Å²) < 4.78 is 16.8. The van der Waals surface area contributed by atoms with Crippen LogP contribution in [0.5, 0.6) is 5.75 Å². The van der Waals surface area contributed by atoms with E-state index in [9.17, 15) is 9.59 Å². The second kappa shape index (κ2) is 8.43. The fourth-order valence-corrected chi connectivity index (χ4v) is 3.28. The number of carbonyl (C=O) groups is 2. The van der Waals surface area contributed by atoms with Crippen LogP contribution in [-0.4, -0.2) is 25.6 Å². The highest BCUT2D eigenvalue weighted by molar-refractivity contribution is 14.1. The number of ether oxygens (including phenoxy) is 2. The summed E-state index contributed by atoms with van der Waals surface area (Å²) in [7, 11) is 1.57. The van der Waals surface area contributed by atoms with Gasteiger partial charge < -0.3 is 19.2 Å². The monoisotopic (exact) mass is 479 g/mol. The van der Waals surface area contributed by atoms with Gasteiger partial charge in [-0.05, 0) is 65.4 Å². The molecule has 3 rings (SSSR count). The van der Waals surface area contributed by atoms with Crippen molar-refractivity contribution in [3.05, 3.63) is 57.4 Å². The minimum absolute atomic E-state index is 0.0230. The molecule has 0 unspecified atom stereocenters. The fourth-order valence-electron chi connectivity index (χ4n) is 2.63. The molecule has 6 nitrogen and oxygen atoms in total. The van der Waals surface area contributed by atoms with E-state index in [-0.39, 0.29) is 18.9 Å². The molecule has 1 amide bonds. The summed E-state index contributed by atoms with van der Waals surface area (Å²) in [6.45, 7) is 1.57. The summed E-state index contributed by atoms with van der Waals surface area (Å²) >= 11 is 2.20. The predicted molar refractivity (Wildman–Crippen MR) is 110 cm³/mol. The molecular weight excluding hydrogens is 461 g/mol. The number of aryl methyl sites for hydroxylation is 1. The average Bonchev–Trinajstić information content (AvgIpc) is 3.04. The molecule has 0 atom stereocenters. The van der Waals surface area contributed by atoms with Crippen molar-refractivity contribution in [3.63, 3.8) is 0 Å². The van der Waals surface area contributed by atoms with Crippen LogP contribution >= 0.6 is 22.6 Å². The SMILES string of the molecule is COc1ccc2c(CC(=O)OCC(=O)Nc3ccc(I)cc3C)coc2c1. The van der Waals surface area contributed by atoms with Gasteiger partial charge in [-0.2, -0.15) is 0 Å². The van der Waals surface area contributed by atoms with Gasteiger partial charge in [0.05, 0.1) is 19.8 Å². The number of anilines is 1. The predicted octanol–water partition coefficient (Wildman–Crippen LogP) is 4.08. The number of amides is 1. The fraction of sp³-hybridized carbons (Fsp3) is 0.200. The van der Waals surface area contributed by atoms with Crippen molar-refractivity contribution >= 4 is 51.1 Å². The van der Waals surface area contributed by atoms with E-state index in [4.69, 9.17) is 13.9 Å². The third kappa shape index (κ3) is 4.79. The maximum atomic E-state index is 12.1. The Hall–Kier alpha value is -2.55. The number of esters is 1. The summed E-state index contributed by atoms with van der Waals surface area (Å²) in [6.07, 6.45) is 1.54. The van der Waals surface area contributed by atoms with Crippen LogP contribution in [0.25, 0.3) is 11.0 Å². The highest BCUT2D eigenvalue weighted by atomic mass is 127. The zero-order chi connectivity index (χ0) is 19.4. The molecule has 0 saturated heterocycles. The van der Waals surface area contributed by atoms with E-state index in [2.05, 4.69) is 27.9 Å². The maximum absolute atomic E-state index is 12.1. The van der Waals surface area contributed by atoms with Gasteiger partial charge >= 0.3 is 5.97 Å². The van der Waals surface area contributed by atoms with E-state index < -0.39 is 5.97 Å². The Morgan fingerprint density at radius 2 is 2.00 bits per heavy atom. The quantitative estimate of drug-likeness (QED) is 0.426.